The van der Waals surface area contributed by atoms with Crippen LogP contribution in [0.15, 0.2) is 58.5 Å². The number of nitriles is 1. The molecule has 1 aromatic heterocycles. The first-order valence-electron chi connectivity index (χ1n) is 8.77. The van der Waals surface area contributed by atoms with Gasteiger partial charge in [0.2, 0.25) is 0 Å². The minimum absolute atomic E-state index is 0.0775. The maximum Gasteiger partial charge on any atom is 0.266 e. The van der Waals surface area contributed by atoms with Crippen molar-refractivity contribution in [1.82, 2.24) is 9.55 Å². The number of hydrogen-bond donors (Lipinski definition) is 0. The molecule has 3 rings (SSSR count). The van der Waals surface area contributed by atoms with Crippen LogP contribution in [-0.4, -0.2) is 15.3 Å². The van der Waals surface area contributed by atoms with E-state index in [0.29, 0.717) is 34.2 Å². The molecule has 0 saturated heterocycles. The summed E-state index contributed by atoms with van der Waals surface area (Å²) in [6.45, 7) is 4.36. The summed E-state index contributed by atoms with van der Waals surface area (Å²) in [6.07, 6.45) is 1.49. The van der Waals surface area contributed by atoms with E-state index in [-0.39, 0.29) is 5.56 Å². The molecular formula is C21H21N3OS. The number of thioether (sulfide) groups is 1. The highest BCUT2D eigenvalue weighted by Gasteiger charge is 2.13. The van der Waals surface area contributed by atoms with Gasteiger partial charge in [-0.05, 0) is 42.2 Å². The van der Waals surface area contributed by atoms with Crippen LogP contribution < -0.4 is 5.56 Å². The fraction of sp³-hybridized carbons (Fsp3) is 0.286. The van der Waals surface area contributed by atoms with Crippen molar-refractivity contribution in [2.75, 3.05) is 5.75 Å². The van der Waals surface area contributed by atoms with Gasteiger partial charge in [-0.2, -0.15) is 5.26 Å². The van der Waals surface area contributed by atoms with E-state index in [9.17, 15) is 4.79 Å². The standard InChI is InChI=1S/C21H21N3OS/c1-3-15(2)16-9-11-17(12-10-16)24-20(25)18-7-4-5-8-19(18)23-21(24)26-14-6-13-22/h4-5,7-12,15H,3,6,14H2,1-2H3. The second kappa shape index (κ2) is 8.20. The Labute approximate surface area is 157 Å². The molecule has 0 aliphatic heterocycles. The van der Waals surface area contributed by atoms with Crippen molar-refractivity contribution in [2.24, 2.45) is 0 Å². The summed E-state index contributed by atoms with van der Waals surface area (Å²) < 4.78 is 1.66. The molecule has 0 aliphatic rings. The fourth-order valence-corrected chi connectivity index (χ4v) is 3.67. The van der Waals surface area contributed by atoms with Gasteiger partial charge < -0.3 is 0 Å². The van der Waals surface area contributed by atoms with Crippen molar-refractivity contribution < 1.29 is 0 Å². The van der Waals surface area contributed by atoms with E-state index < -0.39 is 0 Å². The first-order chi connectivity index (χ1) is 12.7. The minimum atomic E-state index is -0.0775. The molecule has 5 heteroatoms. The second-order valence-electron chi connectivity index (χ2n) is 6.21. The summed E-state index contributed by atoms with van der Waals surface area (Å²) in [7, 11) is 0. The summed E-state index contributed by atoms with van der Waals surface area (Å²) >= 11 is 1.44. The SMILES string of the molecule is CCC(C)c1ccc(-n2c(SCCC#N)nc3ccccc3c2=O)cc1. The smallest absolute Gasteiger partial charge is 0.266 e. The van der Waals surface area contributed by atoms with Gasteiger partial charge in [0.15, 0.2) is 5.16 Å². The Morgan fingerprint density at radius 3 is 2.62 bits per heavy atom. The first-order valence-corrected chi connectivity index (χ1v) is 9.76. The molecule has 0 spiro atoms. The lowest BCUT2D eigenvalue weighted by Gasteiger charge is -2.14. The molecular weight excluding hydrogens is 342 g/mol. The highest BCUT2D eigenvalue weighted by molar-refractivity contribution is 7.99. The zero-order valence-corrected chi connectivity index (χ0v) is 15.8. The van der Waals surface area contributed by atoms with Gasteiger partial charge in [0.1, 0.15) is 0 Å². The summed E-state index contributed by atoms with van der Waals surface area (Å²) in [4.78, 5) is 17.8. The van der Waals surface area contributed by atoms with Gasteiger partial charge in [0, 0.05) is 12.2 Å². The Morgan fingerprint density at radius 1 is 1.19 bits per heavy atom. The minimum Gasteiger partial charge on any atom is -0.268 e. The molecule has 132 valence electrons. The molecule has 2 aromatic carbocycles. The molecule has 26 heavy (non-hydrogen) atoms. The normalized spacial score (nSPS) is 12.0. The maximum absolute atomic E-state index is 13.1. The number of para-hydroxylation sites is 1. The number of fused-ring (bicyclic) bond motifs is 1. The Balaban J connectivity index is 2.13. The van der Waals surface area contributed by atoms with E-state index in [0.717, 1.165) is 12.1 Å². The number of hydrogen-bond acceptors (Lipinski definition) is 4. The Hall–Kier alpha value is -2.58. The van der Waals surface area contributed by atoms with E-state index >= 15 is 0 Å². The lowest BCUT2D eigenvalue weighted by atomic mass is 9.98. The monoisotopic (exact) mass is 363 g/mol. The third-order valence-corrected chi connectivity index (χ3v) is 5.46. The fourth-order valence-electron chi connectivity index (χ4n) is 2.81. The zero-order valence-electron chi connectivity index (χ0n) is 15.0. The second-order valence-corrected chi connectivity index (χ2v) is 7.27. The molecule has 0 bridgehead atoms. The number of rotatable bonds is 6. The summed E-state index contributed by atoms with van der Waals surface area (Å²) in [6, 6.07) is 17.6. The quantitative estimate of drug-likeness (QED) is 0.355. The molecule has 3 aromatic rings. The molecule has 1 heterocycles. The van der Waals surface area contributed by atoms with Gasteiger partial charge in [-0.3, -0.25) is 9.36 Å². The van der Waals surface area contributed by atoms with E-state index in [1.165, 1.54) is 17.3 Å². The van der Waals surface area contributed by atoms with E-state index in [2.05, 4.69) is 37.0 Å². The molecule has 0 radical (unpaired) electrons. The van der Waals surface area contributed by atoms with E-state index in [1.54, 1.807) is 10.6 Å². The van der Waals surface area contributed by atoms with Crippen LogP contribution in [0.3, 0.4) is 0 Å². The van der Waals surface area contributed by atoms with Crippen molar-refractivity contribution in [3.8, 4) is 11.8 Å². The van der Waals surface area contributed by atoms with Crippen molar-refractivity contribution in [2.45, 2.75) is 37.8 Å². The molecule has 0 fully saturated rings. The molecule has 0 saturated carbocycles. The van der Waals surface area contributed by atoms with Crippen molar-refractivity contribution in [1.29, 1.82) is 5.26 Å². The van der Waals surface area contributed by atoms with Gasteiger partial charge in [-0.15, -0.1) is 0 Å². The Bertz CT molecular complexity index is 1000. The van der Waals surface area contributed by atoms with Crippen LogP contribution >= 0.6 is 11.8 Å². The highest BCUT2D eigenvalue weighted by Crippen LogP contribution is 2.24. The van der Waals surface area contributed by atoms with Crippen molar-refractivity contribution in [3.63, 3.8) is 0 Å². The van der Waals surface area contributed by atoms with Gasteiger partial charge in [-0.1, -0.05) is 49.9 Å². The van der Waals surface area contributed by atoms with Gasteiger partial charge >= 0.3 is 0 Å². The summed E-state index contributed by atoms with van der Waals surface area (Å²) in [5.74, 6) is 1.09. The Morgan fingerprint density at radius 2 is 1.92 bits per heavy atom. The number of nitrogens with zero attached hydrogens (tertiary/aromatic N) is 3. The van der Waals surface area contributed by atoms with Gasteiger partial charge in [-0.25, -0.2) is 4.98 Å². The van der Waals surface area contributed by atoms with Crippen LogP contribution in [0, 0.1) is 11.3 Å². The Kier molecular flexibility index (Phi) is 5.75. The van der Waals surface area contributed by atoms with Crippen molar-refractivity contribution in [3.05, 3.63) is 64.4 Å². The van der Waals surface area contributed by atoms with Crippen LogP contribution in [0.5, 0.6) is 0 Å². The van der Waals surface area contributed by atoms with Crippen LogP contribution in [0.1, 0.15) is 38.2 Å². The lowest BCUT2D eigenvalue weighted by molar-refractivity contribution is 0.732. The van der Waals surface area contributed by atoms with Gasteiger partial charge in [0.05, 0.1) is 22.7 Å². The molecule has 1 unspecified atom stereocenters. The predicted molar refractivity (Wildman–Crippen MR) is 107 cm³/mol. The average molecular weight is 363 g/mol. The van der Waals surface area contributed by atoms with Crippen LogP contribution in [-0.2, 0) is 0 Å². The van der Waals surface area contributed by atoms with E-state index in [1.807, 2.05) is 30.3 Å². The number of aromatic nitrogens is 2. The topological polar surface area (TPSA) is 58.7 Å². The van der Waals surface area contributed by atoms with Crippen molar-refractivity contribution >= 4 is 22.7 Å². The molecule has 0 amide bonds. The molecule has 4 nitrogen and oxygen atoms in total. The lowest BCUT2D eigenvalue weighted by Crippen LogP contribution is -2.21. The van der Waals surface area contributed by atoms with E-state index in [4.69, 9.17) is 5.26 Å². The molecule has 1 atom stereocenters. The predicted octanol–water partition coefficient (Wildman–Crippen LogP) is 4.90. The molecule has 0 aliphatic carbocycles. The summed E-state index contributed by atoms with van der Waals surface area (Å²) in [5, 5.41) is 10.0. The summed E-state index contributed by atoms with van der Waals surface area (Å²) in [5.41, 5.74) is 2.67. The average Bonchev–Trinajstić information content (AvgIpc) is 2.68. The maximum atomic E-state index is 13.1. The molecule has 0 N–H and O–H groups in total. The first kappa shape index (κ1) is 18.2. The third-order valence-electron chi connectivity index (χ3n) is 4.52. The number of benzene rings is 2. The van der Waals surface area contributed by atoms with Crippen LogP contribution in [0.2, 0.25) is 0 Å². The van der Waals surface area contributed by atoms with Gasteiger partial charge in [0.25, 0.3) is 5.56 Å². The zero-order chi connectivity index (χ0) is 18.5. The highest BCUT2D eigenvalue weighted by atomic mass is 32.2. The van der Waals surface area contributed by atoms with Crippen LogP contribution in [0.4, 0.5) is 0 Å². The largest absolute Gasteiger partial charge is 0.268 e. The third kappa shape index (κ3) is 3.66. The van der Waals surface area contributed by atoms with Crippen LogP contribution in [0.25, 0.3) is 16.6 Å².